The van der Waals surface area contributed by atoms with Crippen molar-refractivity contribution >= 4 is 5.91 Å². The SMILES string of the molecule is NC1C2CCC(C2)C1C(=O)N1CCN(C2CCOCC2)CC1. The molecule has 0 spiro atoms. The molecule has 0 aromatic heterocycles. The lowest BCUT2D eigenvalue weighted by atomic mass is 9.84. The van der Waals surface area contributed by atoms with E-state index in [1.807, 2.05) is 0 Å². The van der Waals surface area contributed by atoms with Crippen LogP contribution >= 0.6 is 0 Å². The van der Waals surface area contributed by atoms with E-state index >= 15 is 0 Å². The van der Waals surface area contributed by atoms with Gasteiger partial charge in [-0.3, -0.25) is 9.69 Å². The maximum Gasteiger partial charge on any atom is 0.227 e. The van der Waals surface area contributed by atoms with E-state index in [2.05, 4.69) is 9.80 Å². The highest BCUT2D eigenvalue weighted by Gasteiger charge is 2.50. The first kappa shape index (κ1) is 14.9. The van der Waals surface area contributed by atoms with Gasteiger partial charge in [-0.2, -0.15) is 0 Å². The Balaban J connectivity index is 1.32. The van der Waals surface area contributed by atoms with Crippen LogP contribution in [0.1, 0.15) is 32.1 Å². The van der Waals surface area contributed by atoms with Crippen molar-refractivity contribution in [3.05, 3.63) is 0 Å². The summed E-state index contributed by atoms with van der Waals surface area (Å²) in [4.78, 5) is 17.6. The fourth-order valence-electron chi connectivity index (χ4n) is 5.27. The molecule has 4 atom stereocenters. The smallest absolute Gasteiger partial charge is 0.227 e. The summed E-state index contributed by atoms with van der Waals surface area (Å²) in [7, 11) is 0. The monoisotopic (exact) mass is 307 g/mol. The van der Waals surface area contributed by atoms with Gasteiger partial charge in [0.15, 0.2) is 0 Å². The van der Waals surface area contributed by atoms with E-state index < -0.39 is 0 Å². The molecule has 124 valence electrons. The van der Waals surface area contributed by atoms with Crippen LogP contribution in [0.5, 0.6) is 0 Å². The molecule has 4 unspecified atom stereocenters. The Labute approximate surface area is 133 Å². The molecule has 1 amide bonds. The number of amides is 1. The van der Waals surface area contributed by atoms with Gasteiger partial charge in [-0.05, 0) is 43.9 Å². The Morgan fingerprint density at radius 2 is 1.64 bits per heavy atom. The van der Waals surface area contributed by atoms with Crippen LogP contribution in [-0.2, 0) is 9.53 Å². The zero-order valence-corrected chi connectivity index (χ0v) is 13.5. The van der Waals surface area contributed by atoms with E-state index in [9.17, 15) is 4.79 Å². The molecule has 2 N–H and O–H groups in total. The molecule has 0 aromatic rings. The molecule has 5 heteroatoms. The molecule has 0 aromatic carbocycles. The molecule has 2 aliphatic carbocycles. The summed E-state index contributed by atoms with van der Waals surface area (Å²) in [5.41, 5.74) is 6.34. The van der Waals surface area contributed by atoms with Gasteiger partial charge in [0.25, 0.3) is 0 Å². The van der Waals surface area contributed by atoms with Gasteiger partial charge in [0.1, 0.15) is 0 Å². The average molecular weight is 307 g/mol. The summed E-state index contributed by atoms with van der Waals surface area (Å²) in [6, 6.07) is 0.788. The van der Waals surface area contributed by atoms with Crippen molar-refractivity contribution in [2.45, 2.75) is 44.2 Å². The lowest BCUT2D eigenvalue weighted by Gasteiger charge is -2.42. The predicted octanol–water partition coefficient (Wildman–Crippen LogP) is 0.683. The zero-order valence-electron chi connectivity index (χ0n) is 13.5. The van der Waals surface area contributed by atoms with Crippen LogP contribution in [0, 0.1) is 17.8 Å². The molecule has 2 heterocycles. The molecule has 2 saturated carbocycles. The Kier molecular flexibility index (Phi) is 4.13. The molecule has 0 radical (unpaired) electrons. The molecule has 4 aliphatic rings. The summed E-state index contributed by atoms with van der Waals surface area (Å²) in [6.07, 6.45) is 5.94. The van der Waals surface area contributed by atoms with Crippen molar-refractivity contribution in [3.63, 3.8) is 0 Å². The molecular weight excluding hydrogens is 278 g/mol. The summed E-state index contributed by atoms with van der Waals surface area (Å²) in [5.74, 6) is 1.66. The minimum Gasteiger partial charge on any atom is -0.381 e. The van der Waals surface area contributed by atoms with Gasteiger partial charge < -0.3 is 15.4 Å². The largest absolute Gasteiger partial charge is 0.381 e. The van der Waals surface area contributed by atoms with Crippen molar-refractivity contribution in [1.82, 2.24) is 9.80 Å². The van der Waals surface area contributed by atoms with Crippen LogP contribution in [0.4, 0.5) is 0 Å². The standard InChI is InChI=1S/C17H29N3O2/c18-16-13-2-1-12(11-13)15(16)17(21)20-7-5-19(6-8-20)14-3-9-22-10-4-14/h12-16H,1-11,18H2. The molecule has 2 bridgehead atoms. The lowest BCUT2D eigenvalue weighted by Crippen LogP contribution is -2.56. The summed E-state index contributed by atoms with van der Waals surface area (Å²) < 4.78 is 5.45. The summed E-state index contributed by atoms with van der Waals surface area (Å²) in [6.45, 7) is 5.60. The van der Waals surface area contributed by atoms with Crippen LogP contribution in [0.2, 0.25) is 0 Å². The second-order valence-electron chi connectivity index (χ2n) is 7.64. The quantitative estimate of drug-likeness (QED) is 0.815. The fourth-order valence-corrected chi connectivity index (χ4v) is 5.27. The minimum atomic E-state index is 0.119. The van der Waals surface area contributed by atoms with Gasteiger partial charge in [-0.15, -0.1) is 0 Å². The van der Waals surface area contributed by atoms with Gasteiger partial charge in [0.05, 0.1) is 5.92 Å². The number of carbonyl (C=O) groups excluding carboxylic acids is 1. The molecule has 22 heavy (non-hydrogen) atoms. The van der Waals surface area contributed by atoms with E-state index in [-0.39, 0.29) is 12.0 Å². The van der Waals surface area contributed by atoms with Gasteiger partial charge in [0.2, 0.25) is 5.91 Å². The van der Waals surface area contributed by atoms with Crippen molar-refractivity contribution in [2.24, 2.45) is 23.5 Å². The highest BCUT2D eigenvalue weighted by atomic mass is 16.5. The molecule has 2 aliphatic heterocycles. The Morgan fingerprint density at radius 1 is 0.955 bits per heavy atom. The number of hydrogen-bond donors (Lipinski definition) is 1. The maximum atomic E-state index is 12.9. The van der Waals surface area contributed by atoms with E-state index in [1.165, 1.54) is 19.3 Å². The lowest BCUT2D eigenvalue weighted by molar-refractivity contribution is -0.140. The Hall–Kier alpha value is -0.650. The van der Waals surface area contributed by atoms with E-state index in [4.69, 9.17) is 10.5 Å². The van der Waals surface area contributed by atoms with Gasteiger partial charge in [-0.25, -0.2) is 0 Å². The van der Waals surface area contributed by atoms with Crippen LogP contribution in [0.15, 0.2) is 0 Å². The van der Waals surface area contributed by atoms with Gasteiger partial charge in [0, 0.05) is 51.5 Å². The molecule has 4 fully saturated rings. The summed E-state index contributed by atoms with van der Waals surface area (Å²) >= 11 is 0. The highest BCUT2D eigenvalue weighted by Crippen LogP contribution is 2.48. The Morgan fingerprint density at radius 3 is 2.27 bits per heavy atom. The predicted molar refractivity (Wildman–Crippen MR) is 84.3 cm³/mol. The first-order valence-electron chi connectivity index (χ1n) is 9.10. The van der Waals surface area contributed by atoms with E-state index in [0.717, 1.165) is 52.2 Å². The van der Waals surface area contributed by atoms with E-state index in [0.29, 0.717) is 23.8 Å². The molecular formula is C17H29N3O2. The maximum absolute atomic E-state index is 12.9. The van der Waals surface area contributed by atoms with Crippen molar-refractivity contribution in [1.29, 1.82) is 0 Å². The second kappa shape index (κ2) is 6.10. The third kappa shape index (κ3) is 2.57. The Bertz CT molecular complexity index is 414. The number of ether oxygens (including phenoxy) is 1. The third-order valence-electron chi connectivity index (χ3n) is 6.60. The number of hydrogen-bond acceptors (Lipinski definition) is 4. The van der Waals surface area contributed by atoms with Crippen LogP contribution in [0.3, 0.4) is 0 Å². The van der Waals surface area contributed by atoms with E-state index in [1.54, 1.807) is 0 Å². The average Bonchev–Trinajstić information content (AvgIpc) is 3.16. The first-order chi connectivity index (χ1) is 10.7. The topological polar surface area (TPSA) is 58.8 Å². The zero-order chi connectivity index (χ0) is 15.1. The van der Waals surface area contributed by atoms with Crippen LogP contribution < -0.4 is 5.73 Å². The third-order valence-corrected chi connectivity index (χ3v) is 6.60. The number of nitrogens with zero attached hydrogens (tertiary/aromatic N) is 2. The number of piperazine rings is 1. The van der Waals surface area contributed by atoms with Crippen LogP contribution in [-0.4, -0.2) is 67.2 Å². The highest BCUT2D eigenvalue weighted by molar-refractivity contribution is 5.80. The number of nitrogens with two attached hydrogens (primary N) is 1. The fraction of sp³-hybridized carbons (Fsp3) is 0.941. The first-order valence-corrected chi connectivity index (χ1v) is 9.10. The van der Waals surface area contributed by atoms with Gasteiger partial charge in [-0.1, -0.05) is 0 Å². The summed E-state index contributed by atoms with van der Waals surface area (Å²) in [5, 5.41) is 0. The van der Waals surface area contributed by atoms with Crippen LogP contribution in [0.25, 0.3) is 0 Å². The number of fused-ring (bicyclic) bond motifs is 2. The van der Waals surface area contributed by atoms with Crippen molar-refractivity contribution in [3.8, 4) is 0 Å². The molecule has 2 saturated heterocycles. The molecule has 4 rings (SSSR count). The van der Waals surface area contributed by atoms with Crippen molar-refractivity contribution in [2.75, 3.05) is 39.4 Å². The van der Waals surface area contributed by atoms with Gasteiger partial charge >= 0.3 is 0 Å². The van der Waals surface area contributed by atoms with Crippen molar-refractivity contribution < 1.29 is 9.53 Å². The second-order valence-corrected chi connectivity index (χ2v) is 7.64. The number of carbonyl (C=O) groups is 1. The minimum absolute atomic E-state index is 0.119. The number of rotatable bonds is 2. The molecule has 5 nitrogen and oxygen atoms in total. The normalized spacial score (nSPS) is 40.3.